The van der Waals surface area contributed by atoms with Crippen molar-refractivity contribution in [1.29, 1.82) is 0 Å². The minimum absolute atomic E-state index is 0. The summed E-state index contributed by atoms with van der Waals surface area (Å²) in [5.41, 5.74) is 3.14. The van der Waals surface area contributed by atoms with E-state index in [9.17, 15) is 9.18 Å². The molecule has 178 valence electrons. The van der Waals surface area contributed by atoms with Crippen LogP contribution in [0.5, 0.6) is 0 Å². The molecule has 0 aromatic heterocycles. The largest absolute Gasteiger partial charge is 0.369 e. The Bertz CT molecular complexity index is 946. The molecule has 2 heterocycles. The molecule has 1 atom stereocenters. The molecule has 9 heteroatoms. The van der Waals surface area contributed by atoms with Crippen LogP contribution in [0, 0.1) is 5.82 Å². The van der Waals surface area contributed by atoms with Gasteiger partial charge in [-0.3, -0.25) is 14.7 Å². The third-order valence-corrected chi connectivity index (χ3v) is 6.13. The number of benzene rings is 2. The van der Waals surface area contributed by atoms with E-state index in [1.54, 1.807) is 7.05 Å². The molecule has 0 aliphatic carbocycles. The van der Waals surface area contributed by atoms with Gasteiger partial charge in [0.15, 0.2) is 5.96 Å². The number of hydrogen-bond acceptors (Lipinski definition) is 4. The lowest BCUT2D eigenvalue weighted by atomic mass is 9.90. The van der Waals surface area contributed by atoms with Gasteiger partial charge in [-0.1, -0.05) is 18.2 Å². The van der Waals surface area contributed by atoms with Crippen molar-refractivity contribution in [2.24, 2.45) is 4.99 Å². The second-order valence-electron chi connectivity index (χ2n) is 8.22. The normalized spacial score (nSPS) is 18.7. The fourth-order valence-corrected chi connectivity index (χ4v) is 4.34. The zero-order valence-electron chi connectivity index (χ0n) is 18.9. The van der Waals surface area contributed by atoms with Crippen LogP contribution >= 0.6 is 24.0 Å². The summed E-state index contributed by atoms with van der Waals surface area (Å²) in [4.78, 5) is 21.1. The van der Waals surface area contributed by atoms with E-state index < -0.39 is 0 Å². The smallest absolute Gasteiger partial charge is 0.225 e. The van der Waals surface area contributed by atoms with Crippen molar-refractivity contribution < 1.29 is 9.18 Å². The number of nitrogens with one attached hydrogen (secondary N) is 3. The van der Waals surface area contributed by atoms with Crippen molar-refractivity contribution in [3.05, 3.63) is 59.9 Å². The second-order valence-corrected chi connectivity index (χ2v) is 8.22. The SMILES string of the molecule is CN=C(NCCN1CCN(c2ccc(F)cc2)CC1)NCC1CC(=O)Nc2ccccc21.I. The first-order chi connectivity index (χ1) is 15.6. The average Bonchev–Trinajstić information content (AvgIpc) is 2.82. The van der Waals surface area contributed by atoms with Gasteiger partial charge in [0.05, 0.1) is 0 Å². The van der Waals surface area contributed by atoms with Gasteiger partial charge in [-0.05, 0) is 35.9 Å². The molecule has 1 unspecified atom stereocenters. The Morgan fingerprint density at radius 3 is 2.55 bits per heavy atom. The van der Waals surface area contributed by atoms with Crippen LogP contribution in [0.1, 0.15) is 17.9 Å². The van der Waals surface area contributed by atoms with E-state index in [-0.39, 0.29) is 41.6 Å². The van der Waals surface area contributed by atoms with Crippen LogP contribution in [-0.2, 0) is 4.79 Å². The minimum Gasteiger partial charge on any atom is -0.369 e. The van der Waals surface area contributed by atoms with Crippen molar-refractivity contribution in [2.75, 3.05) is 63.1 Å². The van der Waals surface area contributed by atoms with Gasteiger partial charge in [-0.2, -0.15) is 0 Å². The van der Waals surface area contributed by atoms with E-state index >= 15 is 0 Å². The number of amides is 1. The Morgan fingerprint density at radius 1 is 1.09 bits per heavy atom. The van der Waals surface area contributed by atoms with Gasteiger partial charge in [0.25, 0.3) is 0 Å². The van der Waals surface area contributed by atoms with Gasteiger partial charge in [0.1, 0.15) is 5.82 Å². The number of piperazine rings is 1. The molecule has 2 aromatic carbocycles. The highest BCUT2D eigenvalue weighted by Crippen LogP contribution is 2.31. The first kappa shape index (κ1) is 25.2. The number of fused-ring (bicyclic) bond motifs is 1. The second kappa shape index (κ2) is 12.2. The Morgan fingerprint density at radius 2 is 1.82 bits per heavy atom. The number of para-hydroxylation sites is 1. The summed E-state index contributed by atoms with van der Waals surface area (Å²) in [6.45, 7) is 6.17. The molecule has 0 radical (unpaired) electrons. The van der Waals surface area contributed by atoms with Gasteiger partial charge in [-0.25, -0.2) is 4.39 Å². The monoisotopic (exact) mass is 566 g/mol. The van der Waals surface area contributed by atoms with Gasteiger partial charge in [-0.15, -0.1) is 24.0 Å². The molecule has 4 rings (SSSR count). The molecule has 0 spiro atoms. The number of carbonyl (C=O) groups is 1. The van der Waals surface area contributed by atoms with Gasteiger partial charge in [0.2, 0.25) is 5.91 Å². The third kappa shape index (κ3) is 6.80. The molecule has 1 fully saturated rings. The zero-order chi connectivity index (χ0) is 22.3. The van der Waals surface area contributed by atoms with Crippen LogP contribution in [0.4, 0.5) is 15.8 Å². The van der Waals surface area contributed by atoms with Crippen LogP contribution < -0.4 is 20.9 Å². The first-order valence-corrected chi connectivity index (χ1v) is 11.2. The molecule has 1 amide bonds. The fraction of sp³-hybridized carbons (Fsp3) is 0.417. The first-order valence-electron chi connectivity index (χ1n) is 11.2. The summed E-state index contributed by atoms with van der Waals surface area (Å²) < 4.78 is 13.1. The lowest BCUT2D eigenvalue weighted by molar-refractivity contribution is -0.116. The third-order valence-electron chi connectivity index (χ3n) is 6.13. The lowest BCUT2D eigenvalue weighted by Gasteiger charge is -2.36. The molecule has 2 aliphatic heterocycles. The Hall–Kier alpha value is -2.40. The van der Waals surface area contributed by atoms with Crippen molar-refractivity contribution >= 4 is 47.2 Å². The maximum absolute atomic E-state index is 13.1. The van der Waals surface area contributed by atoms with Gasteiger partial charge < -0.3 is 20.9 Å². The van der Waals surface area contributed by atoms with Crippen LogP contribution in [-0.4, -0.2) is 69.6 Å². The molecule has 2 aromatic rings. The molecule has 2 aliphatic rings. The molecular weight excluding hydrogens is 534 g/mol. The summed E-state index contributed by atoms with van der Waals surface area (Å²) in [6, 6.07) is 14.7. The van der Waals surface area contributed by atoms with E-state index in [0.717, 1.165) is 62.2 Å². The number of anilines is 2. The number of carbonyl (C=O) groups excluding carboxylic acids is 1. The molecule has 3 N–H and O–H groups in total. The van der Waals surface area contributed by atoms with Crippen LogP contribution in [0.3, 0.4) is 0 Å². The molecule has 7 nitrogen and oxygen atoms in total. The molecule has 0 saturated carbocycles. The van der Waals surface area contributed by atoms with Crippen LogP contribution in [0.2, 0.25) is 0 Å². The van der Waals surface area contributed by atoms with E-state index in [0.29, 0.717) is 13.0 Å². The van der Waals surface area contributed by atoms with Crippen LogP contribution in [0.15, 0.2) is 53.5 Å². The van der Waals surface area contributed by atoms with Crippen molar-refractivity contribution in [3.63, 3.8) is 0 Å². The summed E-state index contributed by atoms with van der Waals surface area (Å²) in [7, 11) is 1.76. The van der Waals surface area contributed by atoms with Gasteiger partial charge in [0, 0.05) is 76.6 Å². The summed E-state index contributed by atoms with van der Waals surface area (Å²) >= 11 is 0. The predicted octanol–water partition coefficient (Wildman–Crippen LogP) is 2.86. The Balaban J connectivity index is 0.00000306. The number of halogens is 2. The van der Waals surface area contributed by atoms with Crippen LogP contribution in [0.25, 0.3) is 0 Å². The minimum atomic E-state index is -0.198. The highest BCUT2D eigenvalue weighted by molar-refractivity contribution is 14.0. The summed E-state index contributed by atoms with van der Waals surface area (Å²) in [5, 5.41) is 9.69. The fourth-order valence-electron chi connectivity index (χ4n) is 4.34. The van der Waals surface area contributed by atoms with E-state index in [1.165, 1.54) is 12.1 Å². The quantitative estimate of drug-likeness (QED) is 0.285. The predicted molar refractivity (Wildman–Crippen MR) is 142 cm³/mol. The van der Waals surface area contributed by atoms with Crippen molar-refractivity contribution in [1.82, 2.24) is 15.5 Å². The standard InChI is InChI=1S/C24H31FN6O.HI/c1-26-24(28-17-18-16-23(32)29-22-5-3-2-4-21(18)22)27-10-11-30-12-14-31(15-13-30)20-8-6-19(25)7-9-20;/h2-9,18H,10-17H2,1H3,(H,29,32)(H2,26,27,28);1H. The number of guanidine groups is 1. The highest BCUT2D eigenvalue weighted by atomic mass is 127. The Kier molecular flexibility index (Phi) is 9.30. The number of rotatable bonds is 6. The van der Waals surface area contributed by atoms with E-state index in [2.05, 4.69) is 36.8 Å². The van der Waals surface area contributed by atoms with Crippen molar-refractivity contribution in [3.8, 4) is 0 Å². The maximum atomic E-state index is 13.1. The lowest BCUT2D eigenvalue weighted by Crippen LogP contribution is -2.49. The highest BCUT2D eigenvalue weighted by Gasteiger charge is 2.24. The summed E-state index contributed by atoms with van der Waals surface area (Å²) in [6.07, 6.45) is 0.472. The van der Waals surface area contributed by atoms with Crippen molar-refractivity contribution in [2.45, 2.75) is 12.3 Å². The zero-order valence-corrected chi connectivity index (χ0v) is 21.2. The number of hydrogen-bond donors (Lipinski definition) is 3. The summed E-state index contributed by atoms with van der Waals surface area (Å²) in [5.74, 6) is 0.728. The molecule has 33 heavy (non-hydrogen) atoms. The van der Waals surface area contributed by atoms with Gasteiger partial charge >= 0.3 is 0 Å². The topological polar surface area (TPSA) is 72.0 Å². The molecule has 1 saturated heterocycles. The van der Waals surface area contributed by atoms with E-state index in [1.807, 2.05) is 30.3 Å². The van der Waals surface area contributed by atoms with E-state index in [4.69, 9.17) is 0 Å². The Labute approximate surface area is 211 Å². The average molecular weight is 566 g/mol. The number of nitrogens with zero attached hydrogens (tertiary/aromatic N) is 3. The maximum Gasteiger partial charge on any atom is 0.225 e. The molecule has 0 bridgehead atoms. The molecular formula is C24H32FIN6O. The number of aliphatic imine (C=N–C) groups is 1.